The Morgan fingerprint density at radius 1 is 1.50 bits per heavy atom. The van der Waals surface area contributed by atoms with Gasteiger partial charge in [-0.15, -0.1) is 0 Å². The molecule has 1 rings (SSSR count). The first-order chi connectivity index (χ1) is 5.67. The SMILES string of the molecule is O=S1(=O)NCCN1C/C=C/CS. The Balaban J connectivity index is 2.48. The standard InChI is InChI=1S/C6H12N2O2S2/c9-12(10)7-3-5-8(12)4-1-2-6-11/h1-2,7,11H,3-6H2/b2-1+. The molecule has 0 aromatic rings. The van der Waals surface area contributed by atoms with Crippen molar-refractivity contribution in [3.8, 4) is 0 Å². The molecule has 1 fully saturated rings. The van der Waals surface area contributed by atoms with Crippen LogP contribution in [0.5, 0.6) is 0 Å². The molecule has 0 unspecified atom stereocenters. The molecule has 0 aliphatic carbocycles. The molecule has 1 aliphatic rings. The first-order valence-corrected chi connectivity index (χ1v) is 5.74. The third-order valence-corrected chi connectivity index (χ3v) is 3.36. The van der Waals surface area contributed by atoms with E-state index in [9.17, 15) is 8.42 Å². The van der Waals surface area contributed by atoms with Crippen LogP contribution in [0.25, 0.3) is 0 Å². The monoisotopic (exact) mass is 208 g/mol. The summed E-state index contributed by atoms with van der Waals surface area (Å²) in [6.45, 7) is 1.51. The molecule has 0 saturated carbocycles. The van der Waals surface area contributed by atoms with Gasteiger partial charge in [-0.05, 0) is 0 Å². The van der Waals surface area contributed by atoms with Crippen molar-refractivity contribution in [1.82, 2.24) is 9.03 Å². The summed E-state index contributed by atoms with van der Waals surface area (Å²) < 4.78 is 26.0. The molecular formula is C6H12N2O2S2. The number of hydrogen-bond donors (Lipinski definition) is 2. The molecule has 0 aromatic carbocycles. The molecule has 0 atom stereocenters. The summed E-state index contributed by atoms with van der Waals surface area (Å²) >= 11 is 3.97. The number of thiol groups is 1. The fourth-order valence-corrected chi connectivity index (χ4v) is 2.26. The van der Waals surface area contributed by atoms with E-state index in [1.54, 1.807) is 6.08 Å². The topological polar surface area (TPSA) is 49.4 Å². The van der Waals surface area contributed by atoms with Gasteiger partial charge in [-0.1, -0.05) is 12.2 Å². The minimum atomic E-state index is -3.16. The smallest absolute Gasteiger partial charge is 0.201 e. The second kappa shape index (κ2) is 4.27. The van der Waals surface area contributed by atoms with Crippen LogP contribution in [0.3, 0.4) is 0 Å². The van der Waals surface area contributed by atoms with E-state index in [2.05, 4.69) is 17.4 Å². The Bertz CT molecular complexity index is 261. The van der Waals surface area contributed by atoms with Crippen LogP contribution in [0.4, 0.5) is 0 Å². The first-order valence-electron chi connectivity index (χ1n) is 3.67. The van der Waals surface area contributed by atoms with Crippen molar-refractivity contribution in [3.63, 3.8) is 0 Å². The minimum absolute atomic E-state index is 0.440. The molecule has 1 aliphatic heterocycles. The summed E-state index contributed by atoms with van der Waals surface area (Å²) in [7, 11) is -3.16. The van der Waals surface area contributed by atoms with Crippen LogP contribution in [-0.4, -0.2) is 38.1 Å². The van der Waals surface area contributed by atoms with Gasteiger partial charge in [-0.25, -0.2) is 4.72 Å². The third kappa shape index (κ3) is 2.48. The highest BCUT2D eigenvalue weighted by atomic mass is 32.2. The molecule has 0 aromatic heterocycles. The predicted molar refractivity (Wildman–Crippen MR) is 51.5 cm³/mol. The van der Waals surface area contributed by atoms with Crippen LogP contribution in [0.15, 0.2) is 12.2 Å². The molecular weight excluding hydrogens is 196 g/mol. The quantitative estimate of drug-likeness (QED) is 0.491. The highest BCUT2D eigenvalue weighted by Gasteiger charge is 2.25. The van der Waals surface area contributed by atoms with Gasteiger partial charge in [0.05, 0.1) is 0 Å². The van der Waals surface area contributed by atoms with Gasteiger partial charge in [-0.3, -0.25) is 0 Å². The molecule has 1 N–H and O–H groups in total. The zero-order valence-electron chi connectivity index (χ0n) is 6.60. The molecule has 1 heterocycles. The Hall–Kier alpha value is -0.0400. The van der Waals surface area contributed by atoms with Gasteiger partial charge in [-0.2, -0.15) is 25.4 Å². The van der Waals surface area contributed by atoms with E-state index in [-0.39, 0.29) is 0 Å². The zero-order valence-corrected chi connectivity index (χ0v) is 8.31. The maximum atomic E-state index is 11.1. The number of hydrogen-bond acceptors (Lipinski definition) is 3. The summed E-state index contributed by atoms with van der Waals surface area (Å²) in [6.07, 6.45) is 3.63. The fraction of sp³-hybridized carbons (Fsp3) is 0.667. The predicted octanol–water partition coefficient (Wildman–Crippen LogP) is -0.378. The molecule has 4 nitrogen and oxygen atoms in total. The summed E-state index contributed by atoms with van der Waals surface area (Å²) in [5, 5.41) is 0. The van der Waals surface area contributed by atoms with Gasteiger partial charge in [0.2, 0.25) is 0 Å². The van der Waals surface area contributed by atoms with Crippen molar-refractivity contribution in [2.24, 2.45) is 0 Å². The van der Waals surface area contributed by atoms with Gasteiger partial charge < -0.3 is 0 Å². The molecule has 0 amide bonds. The maximum Gasteiger partial charge on any atom is 0.279 e. The number of rotatable bonds is 3. The van der Waals surface area contributed by atoms with Gasteiger partial charge in [0.25, 0.3) is 10.2 Å². The second-order valence-electron chi connectivity index (χ2n) is 2.41. The number of nitrogens with zero attached hydrogens (tertiary/aromatic N) is 1. The van der Waals surface area contributed by atoms with E-state index in [0.29, 0.717) is 25.4 Å². The summed E-state index contributed by atoms with van der Waals surface area (Å²) in [5.41, 5.74) is 0. The van der Waals surface area contributed by atoms with E-state index in [0.717, 1.165) is 0 Å². The van der Waals surface area contributed by atoms with Crippen LogP contribution in [0.2, 0.25) is 0 Å². The van der Waals surface area contributed by atoms with Gasteiger partial charge in [0.1, 0.15) is 0 Å². The van der Waals surface area contributed by atoms with Gasteiger partial charge in [0, 0.05) is 25.4 Å². The van der Waals surface area contributed by atoms with Crippen LogP contribution >= 0.6 is 12.6 Å². The molecule has 70 valence electrons. The van der Waals surface area contributed by atoms with Crippen molar-refractivity contribution >= 4 is 22.8 Å². The Morgan fingerprint density at radius 2 is 2.25 bits per heavy atom. The molecule has 6 heteroatoms. The average Bonchev–Trinajstić information content (AvgIpc) is 2.32. The summed E-state index contributed by atoms with van der Waals surface area (Å²) in [6, 6.07) is 0. The second-order valence-corrected chi connectivity index (χ2v) is 4.53. The molecule has 0 spiro atoms. The van der Waals surface area contributed by atoms with Crippen molar-refractivity contribution in [2.75, 3.05) is 25.4 Å². The average molecular weight is 208 g/mol. The van der Waals surface area contributed by atoms with Crippen molar-refractivity contribution in [2.45, 2.75) is 0 Å². The zero-order chi connectivity index (χ0) is 9.03. The normalized spacial score (nSPS) is 23.8. The third-order valence-electron chi connectivity index (χ3n) is 1.57. The molecule has 0 radical (unpaired) electrons. The lowest BCUT2D eigenvalue weighted by molar-refractivity contribution is 0.484. The van der Waals surface area contributed by atoms with E-state index < -0.39 is 10.2 Å². The molecule has 1 saturated heterocycles. The van der Waals surface area contributed by atoms with Crippen molar-refractivity contribution in [3.05, 3.63) is 12.2 Å². The van der Waals surface area contributed by atoms with E-state index >= 15 is 0 Å². The van der Waals surface area contributed by atoms with Gasteiger partial charge in [0.15, 0.2) is 0 Å². The maximum absolute atomic E-state index is 11.1. The molecule has 12 heavy (non-hydrogen) atoms. The lowest BCUT2D eigenvalue weighted by Crippen LogP contribution is -2.29. The lowest BCUT2D eigenvalue weighted by atomic mass is 10.5. The molecule has 0 bridgehead atoms. The largest absolute Gasteiger partial charge is 0.279 e. The fourth-order valence-electron chi connectivity index (χ4n) is 0.967. The minimum Gasteiger partial charge on any atom is -0.201 e. The van der Waals surface area contributed by atoms with Crippen LogP contribution in [0.1, 0.15) is 0 Å². The Kier molecular flexibility index (Phi) is 3.57. The van der Waals surface area contributed by atoms with Crippen LogP contribution in [-0.2, 0) is 10.2 Å². The first kappa shape index (κ1) is 10.0. The Labute approximate surface area is 78.2 Å². The summed E-state index contributed by atoms with van der Waals surface area (Å²) in [5.74, 6) is 0.640. The highest BCUT2D eigenvalue weighted by Crippen LogP contribution is 2.03. The van der Waals surface area contributed by atoms with Crippen LogP contribution < -0.4 is 4.72 Å². The van der Waals surface area contributed by atoms with Gasteiger partial charge >= 0.3 is 0 Å². The summed E-state index contributed by atoms with van der Waals surface area (Å²) in [4.78, 5) is 0. The lowest BCUT2D eigenvalue weighted by Gasteiger charge is -2.09. The highest BCUT2D eigenvalue weighted by molar-refractivity contribution is 7.87. The Morgan fingerprint density at radius 3 is 2.75 bits per heavy atom. The van der Waals surface area contributed by atoms with Crippen molar-refractivity contribution < 1.29 is 8.42 Å². The van der Waals surface area contributed by atoms with Crippen molar-refractivity contribution in [1.29, 1.82) is 0 Å². The van der Waals surface area contributed by atoms with E-state index in [1.807, 2.05) is 6.08 Å². The number of nitrogens with one attached hydrogen (secondary N) is 1. The van der Waals surface area contributed by atoms with E-state index in [4.69, 9.17) is 0 Å². The van der Waals surface area contributed by atoms with E-state index in [1.165, 1.54) is 4.31 Å². The van der Waals surface area contributed by atoms with Crippen LogP contribution in [0, 0.1) is 0 Å².